The van der Waals surface area contributed by atoms with Crippen molar-refractivity contribution in [3.63, 3.8) is 0 Å². The van der Waals surface area contributed by atoms with Crippen LogP contribution in [0.1, 0.15) is 22.8 Å². The molecule has 1 saturated heterocycles. The van der Waals surface area contributed by atoms with E-state index in [1.54, 1.807) is 23.9 Å². The first-order valence-corrected chi connectivity index (χ1v) is 11.9. The Hall–Kier alpha value is -4.06. The number of hydrogen-bond donors (Lipinski definition) is 0. The molecule has 1 amide bonds. The van der Waals surface area contributed by atoms with Crippen molar-refractivity contribution in [1.82, 2.24) is 9.47 Å². The zero-order valence-electron chi connectivity index (χ0n) is 20.3. The lowest BCUT2D eigenvalue weighted by Crippen LogP contribution is -2.54. The van der Waals surface area contributed by atoms with E-state index in [2.05, 4.69) is 43.0 Å². The second-order valence-corrected chi connectivity index (χ2v) is 9.09. The molecule has 4 aromatic rings. The number of fused-ring (bicyclic) bond motifs is 1. The summed E-state index contributed by atoms with van der Waals surface area (Å²) in [6, 6.07) is 23.3. The summed E-state index contributed by atoms with van der Waals surface area (Å²) in [5, 5.41) is 1.21. The predicted molar refractivity (Wildman–Crippen MR) is 140 cm³/mol. The minimum atomic E-state index is -0.153. The van der Waals surface area contributed by atoms with E-state index in [0.717, 1.165) is 6.54 Å². The SMILES string of the molecule is COc1ccc(-n2cc(C(=O)N3CCN(c4cccc(C)c4)[C@H](C)C3)c3ccccc3c2=O)cc1. The van der Waals surface area contributed by atoms with Gasteiger partial charge in [-0.1, -0.05) is 30.3 Å². The van der Waals surface area contributed by atoms with Gasteiger partial charge in [-0.05, 0) is 61.9 Å². The first kappa shape index (κ1) is 22.7. The quantitative estimate of drug-likeness (QED) is 0.438. The van der Waals surface area contributed by atoms with Crippen molar-refractivity contribution in [2.24, 2.45) is 0 Å². The molecule has 178 valence electrons. The van der Waals surface area contributed by atoms with Crippen molar-refractivity contribution in [3.05, 3.63) is 100 Å². The number of aromatic nitrogens is 1. The first-order valence-electron chi connectivity index (χ1n) is 11.9. The number of pyridine rings is 1. The fraction of sp³-hybridized carbons (Fsp3) is 0.241. The number of piperazine rings is 1. The van der Waals surface area contributed by atoms with Gasteiger partial charge < -0.3 is 14.5 Å². The molecule has 0 spiro atoms. The number of ether oxygens (including phenoxy) is 1. The number of carbonyl (C=O) groups excluding carboxylic acids is 1. The van der Waals surface area contributed by atoms with Crippen LogP contribution in [0.2, 0.25) is 0 Å². The topological polar surface area (TPSA) is 54.8 Å². The lowest BCUT2D eigenvalue weighted by molar-refractivity contribution is 0.0727. The second kappa shape index (κ2) is 9.29. The van der Waals surface area contributed by atoms with E-state index in [1.165, 1.54) is 11.3 Å². The molecule has 5 rings (SSSR count). The number of benzene rings is 3. The van der Waals surface area contributed by atoms with Gasteiger partial charge in [0.25, 0.3) is 11.5 Å². The Labute approximate surface area is 205 Å². The lowest BCUT2D eigenvalue weighted by atomic mass is 10.0. The highest BCUT2D eigenvalue weighted by Crippen LogP contribution is 2.25. The molecule has 0 aliphatic carbocycles. The highest BCUT2D eigenvalue weighted by Gasteiger charge is 2.29. The largest absolute Gasteiger partial charge is 0.497 e. The van der Waals surface area contributed by atoms with Crippen LogP contribution in [0.5, 0.6) is 5.75 Å². The van der Waals surface area contributed by atoms with E-state index in [4.69, 9.17) is 4.74 Å². The molecule has 6 heteroatoms. The number of anilines is 1. The van der Waals surface area contributed by atoms with Gasteiger partial charge in [0.05, 0.1) is 12.7 Å². The molecule has 0 bridgehead atoms. The minimum Gasteiger partial charge on any atom is -0.497 e. The molecule has 1 aliphatic heterocycles. The molecule has 35 heavy (non-hydrogen) atoms. The number of amides is 1. The summed E-state index contributed by atoms with van der Waals surface area (Å²) < 4.78 is 6.81. The van der Waals surface area contributed by atoms with E-state index < -0.39 is 0 Å². The van der Waals surface area contributed by atoms with Gasteiger partial charge in [0, 0.05) is 54.0 Å². The third-order valence-electron chi connectivity index (χ3n) is 6.75. The van der Waals surface area contributed by atoms with E-state index in [9.17, 15) is 9.59 Å². The molecular weight excluding hydrogens is 438 g/mol. The second-order valence-electron chi connectivity index (χ2n) is 9.09. The van der Waals surface area contributed by atoms with Gasteiger partial charge in [-0.25, -0.2) is 0 Å². The summed E-state index contributed by atoms with van der Waals surface area (Å²) >= 11 is 0. The summed E-state index contributed by atoms with van der Waals surface area (Å²) in [7, 11) is 1.60. The maximum atomic E-state index is 13.8. The maximum absolute atomic E-state index is 13.8. The standard InChI is InChI=1S/C29H29N3O3/c1-20-7-6-8-23(17-20)31-16-15-30(18-21(31)2)28(33)27-19-32(22-11-13-24(35-3)14-12-22)29(34)26-10-5-4-9-25(26)27/h4-14,17,19,21H,15-16,18H2,1-3H3/t21-/m1/s1. The minimum absolute atomic E-state index is 0.0563. The Morgan fingerprint density at radius 3 is 2.34 bits per heavy atom. The van der Waals surface area contributed by atoms with Crippen molar-refractivity contribution in [2.75, 3.05) is 31.6 Å². The van der Waals surface area contributed by atoms with Gasteiger partial charge in [0.1, 0.15) is 5.75 Å². The van der Waals surface area contributed by atoms with Gasteiger partial charge in [-0.15, -0.1) is 0 Å². The molecular formula is C29H29N3O3. The molecule has 0 radical (unpaired) electrons. The van der Waals surface area contributed by atoms with Crippen molar-refractivity contribution < 1.29 is 9.53 Å². The van der Waals surface area contributed by atoms with Crippen LogP contribution in [0.3, 0.4) is 0 Å². The summed E-state index contributed by atoms with van der Waals surface area (Å²) in [6.07, 6.45) is 1.69. The van der Waals surface area contributed by atoms with Gasteiger partial charge in [0.15, 0.2) is 0 Å². The Kier molecular flexibility index (Phi) is 6.03. The highest BCUT2D eigenvalue weighted by atomic mass is 16.5. The van der Waals surface area contributed by atoms with Crippen LogP contribution in [0.4, 0.5) is 5.69 Å². The number of aryl methyl sites for hydroxylation is 1. The summed E-state index contributed by atoms with van der Waals surface area (Å²) in [4.78, 5) is 31.4. The van der Waals surface area contributed by atoms with Crippen LogP contribution >= 0.6 is 0 Å². The molecule has 6 nitrogen and oxygen atoms in total. The van der Waals surface area contributed by atoms with Crippen LogP contribution in [0.25, 0.3) is 16.5 Å². The van der Waals surface area contributed by atoms with Crippen LogP contribution in [-0.4, -0.2) is 48.2 Å². The molecule has 1 aromatic heterocycles. The molecule has 1 aliphatic rings. The van der Waals surface area contributed by atoms with E-state index in [1.807, 2.05) is 47.4 Å². The van der Waals surface area contributed by atoms with Gasteiger partial charge >= 0.3 is 0 Å². The lowest BCUT2D eigenvalue weighted by Gasteiger charge is -2.41. The smallest absolute Gasteiger partial charge is 0.262 e. The van der Waals surface area contributed by atoms with Gasteiger partial charge in [-0.2, -0.15) is 0 Å². The predicted octanol–water partition coefficient (Wildman–Crippen LogP) is 4.66. The number of hydrogen-bond acceptors (Lipinski definition) is 4. The van der Waals surface area contributed by atoms with Crippen molar-refractivity contribution >= 4 is 22.4 Å². The van der Waals surface area contributed by atoms with Crippen molar-refractivity contribution in [1.29, 1.82) is 0 Å². The third kappa shape index (κ3) is 4.28. The zero-order valence-corrected chi connectivity index (χ0v) is 20.3. The fourth-order valence-electron chi connectivity index (χ4n) is 4.90. The summed E-state index contributed by atoms with van der Waals surface area (Å²) in [5.41, 5.74) is 3.48. The van der Waals surface area contributed by atoms with E-state index in [0.29, 0.717) is 40.9 Å². The zero-order chi connectivity index (χ0) is 24.5. The first-order chi connectivity index (χ1) is 17.0. The monoisotopic (exact) mass is 467 g/mol. The van der Waals surface area contributed by atoms with Crippen molar-refractivity contribution in [3.8, 4) is 11.4 Å². The average molecular weight is 468 g/mol. The van der Waals surface area contributed by atoms with Crippen LogP contribution < -0.4 is 15.2 Å². The summed E-state index contributed by atoms with van der Waals surface area (Å²) in [6.45, 7) is 6.23. The maximum Gasteiger partial charge on any atom is 0.262 e. The van der Waals surface area contributed by atoms with E-state index >= 15 is 0 Å². The van der Waals surface area contributed by atoms with Crippen molar-refractivity contribution in [2.45, 2.75) is 19.9 Å². The normalized spacial score (nSPS) is 15.9. The Bertz CT molecular complexity index is 1440. The van der Waals surface area contributed by atoms with E-state index in [-0.39, 0.29) is 17.5 Å². The molecule has 1 fully saturated rings. The third-order valence-corrected chi connectivity index (χ3v) is 6.75. The number of nitrogens with zero attached hydrogens (tertiary/aromatic N) is 3. The highest BCUT2D eigenvalue weighted by molar-refractivity contribution is 6.06. The number of methoxy groups -OCH3 is 1. The number of carbonyl (C=O) groups is 1. The Morgan fingerprint density at radius 1 is 0.914 bits per heavy atom. The molecule has 0 N–H and O–H groups in total. The molecule has 0 saturated carbocycles. The number of rotatable bonds is 4. The molecule has 3 aromatic carbocycles. The molecule has 1 atom stereocenters. The van der Waals surface area contributed by atoms with Gasteiger partial charge in [0.2, 0.25) is 0 Å². The van der Waals surface area contributed by atoms with Crippen LogP contribution in [-0.2, 0) is 0 Å². The fourth-order valence-corrected chi connectivity index (χ4v) is 4.90. The Morgan fingerprint density at radius 2 is 1.66 bits per heavy atom. The summed E-state index contributed by atoms with van der Waals surface area (Å²) in [5.74, 6) is 0.651. The van der Waals surface area contributed by atoms with Crippen LogP contribution in [0.15, 0.2) is 83.8 Å². The van der Waals surface area contributed by atoms with Gasteiger partial charge in [-0.3, -0.25) is 14.2 Å². The average Bonchev–Trinajstić information content (AvgIpc) is 2.89. The molecule has 2 heterocycles. The molecule has 0 unspecified atom stereocenters. The van der Waals surface area contributed by atoms with Crippen LogP contribution in [0, 0.1) is 6.92 Å². The Balaban J connectivity index is 1.50.